The Labute approximate surface area is 187 Å². The lowest BCUT2D eigenvalue weighted by Gasteiger charge is -2.14. The molecule has 0 aliphatic rings. The Bertz CT molecular complexity index is 1490. The minimum Gasteiger partial charge on any atom is -0.507 e. The van der Waals surface area contributed by atoms with Crippen LogP contribution in [0, 0.1) is 10.1 Å². The first-order valence-electron chi connectivity index (χ1n) is 9.18. The predicted molar refractivity (Wildman–Crippen MR) is 122 cm³/mol. The molecule has 0 heterocycles. The second-order valence-electron chi connectivity index (χ2n) is 6.89. The van der Waals surface area contributed by atoms with E-state index in [4.69, 9.17) is 11.6 Å². The van der Waals surface area contributed by atoms with Crippen molar-refractivity contribution >= 4 is 43.8 Å². The van der Waals surface area contributed by atoms with Gasteiger partial charge >= 0.3 is 0 Å². The molecular formula is C22H15ClN2O6S. The van der Waals surface area contributed by atoms with Gasteiger partial charge in [-0.25, -0.2) is 8.42 Å². The number of nitro groups is 1. The van der Waals surface area contributed by atoms with E-state index in [1.165, 1.54) is 24.3 Å². The van der Waals surface area contributed by atoms with Gasteiger partial charge in [-0.3, -0.25) is 14.8 Å². The monoisotopic (exact) mass is 470 g/mol. The number of benzene rings is 4. The summed E-state index contributed by atoms with van der Waals surface area (Å²) in [4.78, 5) is 9.97. The van der Waals surface area contributed by atoms with E-state index in [1.54, 1.807) is 18.2 Å². The molecular weight excluding hydrogens is 456 g/mol. The molecule has 0 unspecified atom stereocenters. The number of sulfonamides is 1. The summed E-state index contributed by atoms with van der Waals surface area (Å²) in [6.07, 6.45) is 0. The topological polar surface area (TPSA) is 130 Å². The van der Waals surface area contributed by atoms with Gasteiger partial charge in [0, 0.05) is 22.9 Å². The standard InChI is InChI=1S/C22H15ClN2O6S/c23-18-8-7-15(12-19(18)25(28)29)32(30,31)24-14-6-10-20(26)17(11-14)22-16-4-2-1-3-13(16)5-9-21(22)27/h1-12,24,26-27H. The number of halogens is 1. The fourth-order valence-electron chi connectivity index (χ4n) is 3.36. The van der Waals surface area contributed by atoms with Crippen molar-refractivity contribution in [3.63, 3.8) is 0 Å². The smallest absolute Gasteiger partial charge is 0.289 e. The second-order valence-corrected chi connectivity index (χ2v) is 8.98. The zero-order valence-corrected chi connectivity index (χ0v) is 17.8. The van der Waals surface area contributed by atoms with Crippen molar-refractivity contribution in [3.8, 4) is 22.6 Å². The minimum atomic E-state index is -4.21. The molecule has 0 amide bonds. The quantitative estimate of drug-likeness (QED) is 0.206. The highest BCUT2D eigenvalue weighted by atomic mass is 35.5. The van der Waals surface area contributed by atoms with Crippen LogP contribution in [0.15, 0.2) is 77.7 Å². The first-order chi connectivity index (χ1) is 15.2. The molecule has 32 heavy (non-hydrogen) atoms. The van der Waals surface area contributed by atoms with Crippen molar-refractivity contribution in [2.24, 2.45) is 0 Å². The first kappa shape index (κ1) is 21.4. The number of nitrogens with one attached hydrogen (secondary N) is 1. The van der Waals surface area contributed by atoms with Crippen LogP contribution in [0.3, 0.4) is 0 Å². The Morgan fingerprint density at radius 2 is 1.62 bits per heavy atom. The Balaban J connectivity index is 1.79. The molecule has 0 bridgehead atoms. The number of anilines is 1. The molecule has 0 aromatic heterocycles. The van der Waals surface area contributed by atoms with Gasteiger partial charge in [0.1, 0.15) is 16.5 Å². The Kier molecular flexibility index (Phi) is 5.37. The maximum atomic E-state index is 12.8. The maximum Gasteiger partial charge on any atom is 0.289 e. The zero-order valence-electron chi connectivity index (χ0n) is 16.2. The highest BCUT2D eigenvalue weighted by molar-refractivity contribution is 7.92. The van der Waals surface area contributed by atoms with Gasteiger partial charge in [-0.1, -0.05) is 41.9 Å². The van der Waals surface area contributed by atoms with Crippen LogP contribution in [-0.4, -0.2) is 23.6 Å². The highest BCUT2D eigenvalue weighted by Gasteiger charge is 2.22. The molecule has 10 heteroatoms. The molecule has 0 aliphatic carbocycles. The summed E-state index contributed by atoms with van der Waals surface area (Å²) in [5, 5.41) is 33.3. The van der Waals surface area contributed by atoms with Crippen LogP contribution in [0.1, 0.15) is 0 Å². The molecule has 8 nitrogen and oxygen atoms in total. The number of hydrogen-bond acceptors (Lipinski definition) is 6. The minimum absolute atomic E-state index is 0.0859. The van der Waals surface area contributed by atoms with E-state index in [-0.39, 0.29) is 32.7 Å². The van der Waals surface area contributed by atoms with E-state index in [0.717, 1.165) is 23.6 Å². The zero-order chi connectivity index (χ0) is 23.0. The number of aromatic hydroxyl groups is 2. The van der Waals surface area contributed by atoms with Crippen molar-refractivity contribution in [2.75, 3.05) is 4.72 Å². The third-order valence-electron chi connectivity index (χ3n) is 4.85. The van der Waals surface area contributed by atoms with E-state index in [9.17, 15) is 28.7 Å². The lowest BCUT2D eigenvalue weighted by Crippen LogP contribution is -2.13. The Morgan fingerprint density at radius 3 is 2.38 bits per heavy atom. The van der Waals surface area contributed by atoms with Crippen molar-refractivity contribution in [1.82, 2.24) is 0 Å². The normalized spacial score (nSPS) is 11.4. The van der Waals surface area contributed by atoms with Crippen LogP contribution in [0.5, 0.6) is 11.5 Å². The highest BCUT2D eigenvalue weighted by Crippen LogP contribution is 2.42. The molecule has 0 saturated carbocycles. The van der Waals surface area contributed by atoms with Crippen LogP contribution in [0.2, 0.25) is 5.02 Å². The Morgan fingerprint density at radius 1 is 0.906 bits per heavy atom. The van der Waals surface area contributed by atoms with Gasteiger partial charge in [0.25, 0.3) is 15.7 Å². The summed E-state index contributed by atoms with van der Waals surface area (Å²) >= 11 is 5.76. The molecule has 0 spiro atoms. The average Bonchev–Trinajstić information content (AvgIpc) is 2.75. The molecule has 0 radical (unpaired) electrons. The summed E-state index contributed by atoms with van der Waals surface area (Å²) in [5.74, 6) is -0.255. The summed E-state index contributed by atoms with van der Waals surface area (Å²) in [6.45, 7) is 0. The lowest BCUT2D eigenvalue weighted by atomic mass is 9.96. The fourth-order valence-corrected chi connectivity index (χ4v) is 4.61. The summed E-state index contributed by atoms with van der Waals surface area (Å²) in [7, 11) is -4.21. The SMILES string of the molecule is O=[N+]([O-])c1cc(S(=O)(=O)Nc2ccc(O)c(-c3c(O)ccc4ccccc34)c2)ccc1Cl. The molecule has 0 fully saturated rings. The molecule has 4 aromatic rings. The van der Waals surface area contributed by atoms with Crippen molar-refractivity contribution in [3.05, 3.63) is 87.9 Å². The van der Waals surface area contributed by atoms with E-state index in [1.807, 2.05) is 12.1 Å². The molecule has 3 N–H and O–H groups in total. The molecule has 4 aromatic carbocycles. The largest absolute Gasteiger partial charge is 0.507 e. The molecule has 0 atom stereocenters. The van der Waals surface area contributed by atoms with Crippen LogP contribution in [-0.2, 0) is 10.0 Å². The van der Waals surface area contributed by atoms with Crippen LogP contribution < -0.4 is 4.72 Å². The van der Waals surface area contributed by atoms with Gasteiger partial charge < -0.3 is 10.2 Å². The number of nitrogens with zero attached hydrogens (tertiary/aromatic N) is 1. The fraction of sp³-hybridized carbons (Fsp3) is 0. The van der Waals surface area contributed by atoms with Gasteiger partial charge in [-0.05, 0) is 47.2 Å². The van der Waals surface area contributed by atoms with Gasteiger partial charge in [-0.15, -0.1) is 0 Å². The number of phenols is 2. The number of phenolic OH excluding ortho intramolecular Hbond substituents is 2. The number of hydrogen-bond donors (Lipinski definition) is 3. The number of rotatable bonds is 5. The first-order valence-corrected chi connectivity index (χ1v) is 11.0. The van der Waals surface area contributed by atoms with Gasteiger partial charge in [-0.2, -0.15) is 0 Å². The third kappa shape index (κ3) is 3.91. The van der Waals surface area contributed by atoms with Crippen molar-refractivity contribution in [1.29, 1.82) is 0 Å². The van der Waals surface area contributed by atoms with Crippen molar-refractivity contribution < 1.29 is 23.6 Å². The number of fused-ring (bicyclic) bond motifs is 1. The molecule has 162 valence electrons. The van der Waals surface area contributed by atoms with E-state index in [0.29, 0.717) is 10.9 Å². The maximum absolute atomic E-state index is 12.8. The van der Waals surface area contributed by atoms with Gasteiger partial charge in [0.2, 0.25) is 0 Å². The van der Waals surface area contributed by atoms with Gasteiger partial charge in [0.15, 0.2) is 0 Å². The predicted octanol–water partition coefficient (Wildman–Crippen LogP) is 5.28. The molecule has 0 saturated heterocycles. The lowest BCUT2D eigenvalue weighted by molar-refractivity contribution is -0.384. The summed E-state index contributed by atoms with van der Waals surface area (Å²) in [5.41, 5.74) is 0.0923. The third-order valence-corrected chi connectivity index (χ3v) is 6.55. The molecule has 4 rings (SSSR count). The summed E-state index contributed by atoms with van der Waals surface area (Å²) in [6, 6.07) is 17.6. The average molecular weight is 471 g/mol. The van der Waals surface area contributed by atoms with Crippen LogP contribution in [0.4, 0.5) is 11.4 Å². The molecule has 0 aliphatic heterocycles. The number of nitro benzene ring substituents is 1. The van der Waals surface area contributed by atoms with E-state index < -0.39 is 20.6 Å². The van der Waals surface area contributed by atoms with E-state index >= 15 is 0 Å². The second kappa shape index (κ2) is 8.03. The Hall–Kier alpha value is -3.82. The van der Waals surface area contributed by atoms with Crippen LogP contribution >= 0.6 is 11.6 Å². The van der Waals surface area contributed by atoms with Gasteiger partial charge in [0.05, 0.1) is 9.82 Å². The van der Waals surface area contributed by atoms with Crippen LogP contribution in [0.25, 0.3) is 21.9 Å². The van der Waals surface area contributed by atoms with E-state index in [2.05, 4.69) is 4.72 Å². The van der Waals surface area contributed by atoms with Crippen molar-refractivity contribution in [2.45, 2.75) is 4.90 Å². The summed E-state index contributed by atoms with van der Waals surface area (Å²) < 4.78 is 28.0.